The molecule has 0 radical (unpaired) electrons. The van der Waals surface area contributed by atoms with Gasteiger partial charge in [-0.3, -0.25) is 14.4 Å². The van der Waals surface area contributed by atoms with E-state index in [-0.39, 0.29) is 17.7 Å². The minimum atomic E-state index is -0.581. The zero-order valence-corrected chi connectivity index (χ0v) is 25.8. The lowest BCUT2D eigenvalue weighted by molar-refractivity contribution is -0.135. The van der Waals surface area contributed by atoms with Crippen molar-refractivity contribution in [3.63, 3.8) is 0 Å². The second-order valence-electron chi connectivity index (χ2n) is 10.3. The largest absolute Gasteiger partial charge is 0.369 e. The normalized spacial score (nSPS) is 11.4. The molecule has 1 atom stereocenters. The van der Waals surface area contributed by atoms with Gasteiger partial charge in [0.05, 0.1) is 11.8 Å². The quantitative estimate of drug-likeness (QED) is 0.178. The number of amides is 3. The molecule has 1 aromatic heterocycles. The molecule has 0 aliphatic carbocycles. The molecule has 0 aliphatic rings. The average Bonchev–Trinajstić information content (AvgIpc) is 2.97. The molecule has 11 heteroatoms. The fraction of sp³-hybridized carbons (Fsp3) is 0.452. The zero-order chi connectivity index (χ0) is 31.1. The van der Waals surface area contributed by atoms with Crippen LogP contribution in [-0.2, 0) is 9.59 Å². The standard InChI is InChI=1S/C31H44N8O3/c1-8-19-32-28-25(22-34-31(36-28)35-26-17-15-24(16-18-26)30(42)38(5)6)13-10-9-11-20-33-29(41)23(2)39(7)27(40)14-12-21-37(3)4/h12,14-18,22-23H,8-9,11,19-21H2,1-7H3,(H,33,41)(H2,32,34,35,36)/t23-/m0/s1. The van der Waals surface area contributed by atoms with E-state index in [1.807, 2.05) is 31.1 Å². The van der Waals surface area contributed by atoms with Crippen LogP contribution in [-0.4, -0.2) is 103 Å². The van der Waals surface area contributed by atoms with Crippen LogP contribution in [0.4, 0.5) is 17.5 Å². The number of anilines is 3. The molecule has 0 saturated carbocycles. The summed E-state index contributed by atoms with van der Waals surface area (Å²) in [4.78, 5) is 50.8. The van der Waals surface area contributed by atoms with E-state index in [0.717, 1.165) is 18.7 Å². The molecule has 0 spiro atoms. The van der Waals surface area contributed by atoms with Crippen LogP contribution in [0.15, 0.2) is 42.6 Å². The Labute approximate surface area is 249 Å². The van der Waals surface area contributed by atoms with Gasteiger partial charge in [-0.2, -0.15) is 4.98 Å². The molecule has 0 fully saturated rings. The molecular weight excluding hydrogens is 532 g/mol. The Morgan fingerprint density at radius 1 is 1.05 bits per heavy atom. The number of benzene rings is 1. The third kappa shape index (κ3) is 11.2. The molecule has 226 valence electrons. The van der Waals surface area contributed by atoms with Gasteiger partial charge in [0.25, 0.3) is 5.91 Å². The summed E-state index contributed by atoms with van der Waals surface area (Å²) in [5.41, 5.74) is 2.04. The smallest absolute Gasteiger partial charge is 0.253 e. The number of carbonyl (C=O) groups is 3. The number of nitrogens with zero attached hydrogens (tertiary/aromatic N) is 5. The van der Waals surface area contributed by atoms with Crippen LogP contribution in [0.3, 0.4) is 0 Å². The number of likely N-dealkylation sites (N-methyl/N-ethyl adjacent to an activating group) is 2. The Morgan fingerprint density at radius 3 is 2.40 bits per heavy atom. The number of hydrogen-bond donors (Lipinski definition) is 3. The molecule has 42 heavy (non-hydrogen) atoms. The van der Waals surface area contributed by atoms with Crippen LogP contribution in [0.1, 0.15) is 49.0 Å². The molecule has 0 saturated heterocycles. The van der Waals surface area contributed by atoms with E-state index in [2.05, 4.69) is 44.7 Å². The molecule has 11 nitrogen and oxygen atoms in total. The molecular formula is C31H44N8O3. The number of hydrogen-bond acceptors (Lipinski definition) is 8. The van der Waals surface area contributed by atoms with Gasteiger partial charge in [-0.05, 0) is 58.1 Å². The molecule has 3 N–H and O–H groups in total. The minimum Gasteiger partial charge on any atom is -0.369 e. The van der Waals surface area contributed by atoms with Gasteiger partial charge in [0.15, 0.2) is 0 Å². The molecule has 2 rings (SSSR count). The van der Waals surface area contributed by atoms with Crippen LogP contribution in [0.2, 0.25) is 0 Å². The van der Waals surface area contributed by atoms with Gasteiger partial charge in [0.2, 0.25) is 17.8 Å². The number of rotatable bonds is 14. The Morgan fingerprint density at radius 2 is 1.76 bits per heavy atom. The fourth-order valence-corrected chi connectivity index (χ4v) is 3.54. The number of aromatic nitrogens is 2. The highest BCUT2D eigenvalue weighted by molar-refractivity contribution is 5.94. The predicted octanol–water partition coefficient (Wildman–Crippen LogP) is 2.96. The summed E-state index contributed by atoms with van der Waals surface area (Å²) in [6.45, 7) is 5.62. The summed E-state index contributed by atoms with van der Waals surface area (Å²) in [6, 6.07) is 6.55. The van der Waals surface area contributed by atoms with E-state index < -0.39 is 6.04 Å². The van der Waals surface area contributed by atoms with Crippen LogP contribution in [0.25, 0.3) is 0 Å². The molecule has 1 heterocycles. The summed E-state index contributed by atoms with van der Waals surface area (Å²) < 4.78 is 0. The summed E-state index contributed by atoms with van der Waals surface area (Å²) in [5.74, 6) is 6.83. The summed E-state index contributed by atoms with van der Waals surface area (Å²) in [5, 5.41) is 9.35. The molecule has 1 aromatic carbocycles. The Kier molecular flexibility index (Phi) is 14.0. The second kappa shape index (κ2) is 17.4. The van der Waals surface area contributed by atoms with Gasteiger partial charge in [-0.1, -0.05) is 24.8 Å². The van der Waals surface area contributed by atoms with Gasteiger partial charge in [-0.25, -0.2) is 4.98 Å². The summed E-state index contributed by atoms with van der Waals surface area (Å²) in [7, 11) is 8.89. The topological polar surface area (TPSA) is 123 Å². The van der Waals surface area contributed by atoms with Gasteiger partial charge >= 0.3 is 0 Å². The lowest BCUT2D eigenvalue weighted by atomic mass is 10.2. The van der Waals surface area contributed by atoms with Crippen molar-refractivity contribution in [3.05, 3.63) is 53.7 Å². The van der Waals surface area contributed by atoms with Gasteiger partial charge in [0, 0.05) is 64.5 Å². The van der Waals surface area contributed by atoms with Crippen LogP contribution in [0, 0.1) is 11.8 Å². The number of unbranched alkanes of at least 4 members (excludes halogenated alkanes) is 1. The number of nitrogens with one attached hydrogen (secondary N) is 3. The monoisotopic (exact) mass is 576 g/mol. The van der Waals surface area contributed by atoms with E-state index >= 15 is 0 Å². The van der Waals surface area contributed by atoms with Crippen molar-refractivity contribution in [2.24, 2.45) is 0 Å². The predicted molar refractivity (Wildman–Crippen MR) is 168 cm³/mol. The van der Waals surface area contributed by atoms with Gasteiger partial charge in [0.1, 0.15) is 11.9 Å². The van der Waals surface area contributed by atoms with E-state index in [1.165, 1.54) is 15.9 Å². The fourth-order valence-electron chi connectivity index (χ4n) is 3.54. The molecule has 0 unspecified atom stereocenters. The second-order valence-corrected chi connectivity index (χ2v) is 10.3. The van der Waals surface area contributed by atoms with Gasteiger partial charge in [-0.15, -0.1) is 0 Å². The molecule has 0 bridgehead atoms. The SMILES string of the molecule is CCCNc1nc(Nc2ccc(C(=O)N(C)C)cc2)ncc1C#CCCCNC(=O)[C@H](C)N(C)C(=O)C=CCN(C)C. The maximum absolute atomic E-state index is 12.5. The summed E-state index contributed by atoms with van der Waals surface area (Å²) in [6.07, 6.45) is 7.09. The third-order valence-electron chi connectivity index (χ3n) is 6.17. The van der Waals surface area contributed by atoms with Crippen molar-refractivity contribution in [2.75, 3.05) is 65.5 Å². The highest BCUT2D eigenvalue weighted by Crippen LogP contribution is 2.18. The first-order chi connectivity index (χ1) is 20.0. The lowest BCUT2D eigenvalue weighted by Gasteiger charge is -2.23. The van der Waals surface area contributed by atoms with Crippen molar-refractivity contribution < 1.29 is 14.4 Å². The van der Waals surface area contributed by atoms with Gasteiger partial charge < -0.3 is 30.7 Å². The van der Waals surface area contributed by atoms with Crippen molar-refractivity contribution in [3.8, 4) is 11.8 Å². The first-order valence-corrected chi connectivity index (χ1v) is 14.1. The molecule has 2 aromatic rings. The van der Waals surface area contributed by atoms with Crippen molar-refractivity contribution in [1.82, 2.24) is 30.0 Å². The lowest BCUT2D eigenvalue weighted by Crippen LogP contribution is -2.45. The Hall–Kier alpha value is -4.43. The first kappa shape index (κ1) is 33.8. The third-order valence-corrected chi connectivity index (χ3v) is 6.17. The maximum atomic E-state index is 12.5. The number of carbonyl (C=O) groups excluding carboxylic acids is 3. The first-order valence-electron chi connectivity index (χ1n) is 14.1. The average molecular weight is 577 g/mol. The molecule has 0 aliphatic heterocycles. The molecule has 3 amide bonds. The van der Waals surface area contributed by atoms with Crippen LogP contribution in [0.5, 0.6) is 0 Å². The van der Waals surface area contributed by atoms with E-state index in [1.54, 1.807) is 52.5 Å². The van der Waals surface area contributed by atoms with Crippen molar-refractivity contribution >= 4 is 35.2 Å². The van der Waals surface area contributed by atoms with E-state index in [0.29, 0.717) is 48.8 Å². The minimum absolute atomic E-state index is 0.0628. The Balaban J connectivity index is 1.91. The maximum Gasteiger partial charge on any atom is 0.253 e. The van der Waals surface area contributed by atoms with E-state index in [4.69, 9.17) is 0 Å². The highest BCUT2D eigenvalue weighted by atomic mass is 16.2. The van der Waals surface area contributed by atoms with E-state index in [9.17, 15) is 14.4 Å². The zero-order valence-electron chi connectivity index (χ0n) is 25.8. The Bertz CT molecular complexity index is 1280. The van der Waals surface area contributed by atoms with Crippen LogP contribution >= 0.6 is 0 Å². The summed E-state index contributed by atoms with van der Waals surface area (Å²) >= 11 is 0. The van der Waals surface area contributed by atoms with Crippen LogP contribution < -0.4 is 16.0 Å². The highest BCUT2D eigenvalue weighted by Gasteiger charge is 2.20. The van der Waals surface area contributed by atoms with Crippen molar-refractivity contribution in [1.29, 1.82) is 0 Å². The van der Waals surface area contributed by atoms with Crippen molar-refractivity contribution in [2.45, 2.75) is 39.2 Å².